The van der Waals surface area contributed by atoms with Crippen molar-refractivity contribution in [3.63, 3.8) is 0 Å². The van der Waals surface area contributed by atoms with Gasteiger partial charge in [0.15, 0.2) is 11.5 Å². The Morgan fingerprint density at radius 2 is 1.79 bits per heavy atom. The first kappa shape index (κ1) is 22.3. The standard InChI is InChI=1S/C27H26ClN3O3/c1-18-20(28)8-7-11-22(18)31-17-19(16-26(31)32)27-29-21-9-3-4-10-23(21)30(27)14-15-34-25-13-6-5-12-24(25)33-2/h3-13,19H,14-17H2,1-2H3/t19-/m0/s1. The summed E-state index contributed by atoms with van der Waals surface area (Å²) >= 11 is 6.32. The van der Waals surface area contributed by atoms with Crippen LogP contribution in [0.3, 0.4) is 0 Å². The first-order valence-corrected chi connectivity index (χ1v) is 11.7. The Morgan fingerprint density at radius 1 is 1.03 bits per heavy atom. The minimum Gasteiger partial charge on any atom is -0.493 e. The Morgan fingerprint density at radius 3 is 2.62 bits per heavy atom. The number of halogens is 1. The van der Waals surface area contributed by atoms with Crippen LogP contribution in [0.1, 0.15) is 23.7 Å². The summed E-state index contributed by atoms with van der Waals surface area (Å²) in [5.41, 5.74) is 3.73. The second-order valence-electron chi connectivity index (χ2n) is 8.40. The van der Waals surface area contributed by atoms with Crippen molar-refractivity contribution in [1.29, 1.82) is 0 Å². The summed E-state index contributed by atoms with van der Waals surface area (Å²) in [6.07, 6.45) is 0.405. The third-order valence-corrected chi connectivity index (χ3v) is 6.76. The van der Waals surface area contributed by atoms with E-state index in [2.05, 4.69) is 10.6 Å². The maximum Gasteiger partial charge on any atom is 0.227 e. The van der Waals surface area contributed by atoms with Gasteiger partial charge >= 0.3 is 0 Å². The van der Waals surface area contributed by atoms with Gasteiger partial charge in [-0.05, 0) is 48.9 Å². The second kappa shape index (κ2) is 9.39. The average molecular weight is 476 g/mol. The van der Waals surface area contributed by atoms with Gasteiger partial charge in [-0.25, -0.2) is 4.98 Å². The van der Waals surface area contributed by atoms with Crippen LogP contribution in [0.25, 0.3) is 11.0 Å². The zero-order valence-electron chi connectivity index (χ0n) is 19.2. The van der Waals surface area contributed by atoms with Crippen molar-refractivity contribution < 1.29 is 14.3 Å². The molecule has 0 bridgehead atoms. The van der Waals surface area contributed by atoms with Crippen molar-refractivity contribution in [2.45, 2.75) is 25.8 Å². The molecule has 6 nitrogen and oxygen atoms in total. The van der Waals surface area contributed by atoms with Crippen LogP contribution in [0.15, 0.2) is 66.7 Å². The van der Waals surface area contributed by atoms with Crippen LogP contribution in [0, 0.1) is 6.92 Å². The molecule has 34 heavy (non-hydrogen) atoms. The number of amides is 1. The van der Waals surface area contributed by atoms with Crippen molar-refractivity contribution in [3.8, 4) is 11.5 Å². The van der Waals surface area contributed by atoms with Gasteiger partial charge in [0.05, 0.1) is 24.7 Å². The van der Waals surface area contributed by atoms with Crippen LogP contribution in [0.2, 0.25) is 5.02 Å². The van der Waals surface area contributed by atoms with Gasteiger partial charge in [0.25, 0.3) is 0 Å². The molecule has 5 rings (SSSR count). The van der Waals surface area contributed by atoms with Gasteiger partial charge in [0.1, 0.15) is 12.4 Å². The molecule has 4 aromatic rings. The van der Waals surface area contributed by atoms with E-state index < -0.39 is 0 Å². The molecule has 0 unspecified atom stereocenters. The largest absolute Gasteiger partial charge is 0.493 e. The molecule has 174 valence electrons. The lowest BCUT2D eigenvalue weighted by Gasteiger charge is -2.20. The number of aromatic nitrogens is 2. The van der Waals surface area contributed by atoms with E-state index in [0.717, 1.165) is 28.1 Å². The lowest BCUT2D eigenvalue weighted by Crippen LogP contribution is -2.25. The fraction of sp³-hybridized carbons (Fsp3) is 0.259. The number of ether oxygens (including phenoxy) is 2. The molecule has 3 aromatic carbocycles. The van der Waals surface area contributed by atoms with Crippen molar-refractivity contribution >= 4 is 34.2 Å². The number of hydrogen-bond donors (Lipinski definition) is 0. The Labute approximate surface area is 203 Å². The molecule has 2 heterocycles. The fourth-order valence-corrected chi connectivity index (χ4v) is 4.80. The molecule has 1 fully saturated rings. The summed E-state index contributed by atoms with van der Waals surface area (Å²) in [5, 5.41) is 0.662. The van der Waals surface area contributed by atoms with E-state index in [1.54, 1.807) is 7.11 Å². The molecule has 7 heteroatoms. The monoisotopic (exact) mass is 475 g/mol. The normalized spacial score (nSPS) is 15.8. The number of fused-ring (bicyclic) bond motifs is 1. The number of rotatable bonds is 7. The lowest BCUT2D eigenvalue weighted by molar-refractivity contribution is -0.117. The second-order valence-corrected chi connectivity index (χ2v) is 8.81. The van der Waals surface area contributed by atoms with E-state index in [-0.39, 0.29) is 11.8 Å². The predicted octanol–water partition coefficient (Wildman–Crippen LogP) is 5.61. The topological polar surface area (TPSA) is 56.6 Å². The quantitative estimate of drug-likeness (QED) is 0.349. The summed E-state index contributed by atoms with van der Waals surface area (Å²) in [6, 6.07) is 21.3. The van der Waals surface area contributed by atoms with Gasteiger partial charge in [0.2, 0.25) is 5.91 Å². The zero-order chi connectivity index (χ0) is 23.7. The van der Waals surface area contributed by atoms with E-state index in [1.165, 1.54) is 0 Å². The molecule has 0 aliphatic carbocycles. The Balaban J connectivity index is 1.42. The number of carbonyl (C=O) groups excluding carboxylic acids is 1. The summed E-state index contributed by atoms with van der Waals surface area (Å²) in [5.74, 6) is 2.37. The number of carbonyl (C=O) groups is 1. The summed E-state index contributed by atoms with van der Waals surface area (Å²) in [7, 11) is 1.63. The van der Waals surface area contributed by atoms with Gasteiger partial charge in [-0.15, -0.1) is 0 Å². The number of imidazole rings is 1. The van der Waals surface area contributed by atoms with Crippen molar-refractivity contribution in [1.82, 2.24) is 9.55 Å². The number of nitrogens with zero attached hydrogens (tertiary/aromatic N) is 3. The van der Waals surface area contributed by atoms with Crippen LogP contribution in [-0.4, -0.2) is 35.7 Å². The molecule has 1 atom stereocenters. The number of para-hydroxylation sites is 4. The van der Waals surface area contributed by atoms with Crippen LogP contribution < -0.4 is 14.4 Å². The van der Waals surface area contributed by atoms with Crippen molar-refractivity contribution in [2.75, 3.05) is 25.2 Å². The molecule has 1 amide bonds. The van der Waals surface area contributed by atoms with Crippen LogP contribution in [-0.2, 0) is 11.3 Å². The first-order chi connectivity index (χ1) is 16.6. The van der Waals surface area contributed by atoms with Gasteiger partial charge < -0.3 is 18.9 Å². The fourth-order valence-electron chi connectivity index (χ4n) is 4.63. The molecular weight excluding hydrogens is 450 g/mol. The molecule has 1 saturated heterocycles. The zero-order valence-corrected chi connectivity index (χ0v) is 20.0. The number of methoxy groups -OCH3 is 1. The average Bonchev–Trinajstić information content (AvgIpc) is 3.41. The smallest absolute Gasteiger partial charge is 0.227 e. The van der Waals surface area contributed by atoms with Crippen LogP contribution in [0.5, 0.6) is 11.5 Å². The van der Waals surface area contributed by atoms with Gasteiger partial charge in [0, 0.05) is 29.6 Å². The van der Waals surface area contributed by atoms with Gasteiger partial charge in [-0.2, -0.15) is 0 Å². The molecule has 0 spiro atoms. The molecule has 0 saturated carbocycles. The molecule has 0 radical (unpaired) electrons. The number of benzene rings is 3. The van der Waals surface area contributed by atoms with Crippen LogP contribution >= 0.6 is 11.6 Å². The highest BCUT2D eigenvalue weighted by Gasteiger charge is 2.35. The minimum atomic E-state index is -0.0236. The number of anilines is 1. The van der Waals surface area contributed by atoms with E-state index in [9.17, 15) is 4.79 Å². The molecule has 1 aliphatic rings. The highest BCUT2D eigenvalue weighted by atomic mass is 35.5. The Hall–Kier alpha value is -3.51. The van der Waals surface area contributed by atoms with E-state index in [4.69, 9.17) is 26.1 Å². The SMILES string of the molecule is COc1ccccc1OCCn1c([C@H]2CC(=O)N(c3cccc(Cl)c3C)C2)nc2ccccc21. The van der Waals surface area contributed by atoms with E-state index >= 15 is 0 Å². The minimum absolute atomic E-state index is 0.0236. The number of hydrogen-bond acceptors (Lipinski definition) is 4. The van der Waals surface area contributed by atoms with Gasteiger partial charge in [-0.3, -0.25) is 4.79 Å². The van der Waals surface area contributed by atoms with Crippen molar-refractivity contribution in [2.24, 2.45) is 0 Å². The third-order valence-electron chi connectivity index (χ3n) is 6.35. The predicted molar refractivity (Wildman–Crippen MR) is 134 cm³/mol. The highest BCUT2D eigenvalue weighted by molar-refractivity contribution is 6.31. The summed E-state index contributed by atoms with van der Waals surface area (Å²) < 4.78 is 13.6. The Kier molecular flexibility index (Phi) is 6.16. The third kappa shape index (κ3) is 4.10. The van der Waals surface area contributed by atoms with Gasteiger partial charge in [-0.1, -0.05) is 41.9 Å². The summed E-state index contributed by atoms with van der Waals surface area (Å²) in [6.45, 7) is 3.57. The maximum atomic E-state index is 13.0. The maximum absolute atomic E-state index is 13.0. The molecule has 1 aromatic heterocycles. The molecule has 0 N–H and O–H groups in total. The summed E-state index contributed by atoms with van der Waals surface area (Å²) in [4.78, 5) is 19.8. The van der Waals surface area contributed by atoms with Crippen molar-refractivity contribution in [3.05, 3.63) is 83.1 Å². The first-order valence-electron chi connectivity index (χ1n) is 11.3. The lowest BCUT2D eigenvalue weighted by atomic mass is 10.1. The van der Waals surface area contributed by atoms with E-state index in [1.807, 2.05) is 72.5 Å². The highest BCUT2D eigenvalue weighted by Crippen LogP contribution is 2.36. The van der Waals surface area contributed by atoms with E-state index in [0.29, 0.717) is 42.6 Å². The molecule has 1 aliphatic heterocycles. The van der Waals surface area contributed by atoms with Crippen LogP contribution in [0.4, 0.5) is 5.69 Å². The molecular formula is C27H26ClN3O3. The Bertz CT molecular complexity index is 1350.